The molecule has 2 aromatic rings. The highest BCUT2D eigenvalue weighted by Crippen LogP contribution is 2.29. The average molecular weight is 724 g/mol. The van der Waals surface area contributed by atoms with Crippen molar-refractivity contribution in [2.45, 2.75) is 146 Å². The molecule has 0 saturated carbocycles. The third-order valence-corrected chi connectivity index (χ3v) is 9.09. The Balaban J connectivity index is 1.44. The van der Waals surface area contributed by atoms with Gasteiger partial charge in [-0.05, 0) is 42.1 Å². The third-order valence-electron chi connectivity index (χ3n) is 9.09. The number of unbranched alkanes of at least 4 members (excludes halogenated alkanes) is 12. The van der Waals surface area contributed by atoms with Gasteiger partial charge in [0.05, 0.1) is 36.0 Å². The highest BCUT2D eigenvalue weighted by molar-refractivity contribution is 5.93. The molecule has 1 amide bonds. The van der Waals surface area contributed by atoms with Crippen LogP contribution in [0.3, 0.4) is 0 Å². The summed E-state index contributed by atoms with van der Waals surface area (Å²) < 4.78 is 15.8. The zero-order valence-electron chi connectivity index (χ0n) is 29.6. The Bertz CT molecular complexity index is 1330. The van der Waals surface area contributed by atoms with Crippen LogP contribution in [0.5, 0.6) is 0 Å². The predicted octanol–water partition coefficient (Wildman–Crippen LogP) is 3.63. The molecular weight excluding hydrogens is 666 g/mol. The van der Waals surface area contributed by atoms with E-state index in [-0.39, 0.29) is 35.7 Å². The van der Waals surface area contributed by atoms with Crippen LogP contribution in [0.2, 0.25) is 0 Å². The van der Waals surface area contributed by atoms with Crippen molar-refractivity contribution >= 4 is 28.3 Å². The van der Waals surface area contributed by atoms with E-state index in [4.69, 9.17) is 9.47 Å². The lowest BCUT2D eigenvalue weighted by Crippen LogP contribution is -2.60. The Labute approximate surface area is 298 Å². The summed E-state index contributed by atoms with van der Waals surface area (Å²) >= 11 is 0. The Hall–Kier alpha value is -3.25. The van der Waals surface area contributed by atoms with Crippen molar-refractivity contribution in [2.24, 2.45) is 0 Å². The number of carbonyl (C=O) groups is 1. The number of ether oxygens (including phenoxy) is 2. The highest BCUT2D eigenvalue weighted by Gasteiger charge is 2.44. The molecule has 288 valence electrons. The van der Waals surface area contributed by atoms with Gasteiger partial charge in [0.1, 0.15) is 24.4 Å². The second-order valence-electron chi connectivity index (χ2n) is 13.2. The molecule has 1 unspecified atom stereocenters. The minimum absolute atomic E-state index is 0.0579. The number of nitro groups is 1. The second kappa shape index (κ2) is 23.3. The van der Waals surface area contributed by atoms with Gasteiger partial charge in [-0.2, -0.15) is 0 Å². The van der Waals surface area contributed by atoms with Crippen molar-refractivity contribution in [3.8, 4) is 0 Å². The van der Waals surface area contributed by atoms with Crippen LogP contribution in [-0.4, -0.2) is 109 Å². The topological polar surface area (TPSA) is 243 Å². The highest BCUT2D eigenvalue weighted by atomic mass is 16.7. The summed E-state index contributed by atoms with van der Waals surface area (Å²) in [4.78, 5) is 23.6. The first-order valence-electron chi connectivity index (χ1n) is 18.4. The minimum Gasteiger partial charge on any atom is -0.394 e. The number of aliphatic hydroxyl groups is 5. The smallest absolute Gasteiger partial charge is 0.300 e. The number of rotatable bonds is 26. The lowest BCUT2D eigenvalue weighted by molar-refractivity contribution is -0.383. The summed E-state index contributed by atoms with van der Waals surface area (Å²) in [5, 5.41) is 75.6. The van der Waals surface area contributed by atoms with Gasteiger partial charge in [0.2, 0.25) is 11.4 Å². The fourth-order valence-electron chi connectivity index (χ4n) is 5.98. The SMILES string of the molecule is CCCCCCCCCCCC/C=C/[C@@H](O)C(CO[C@@H]1O[C@H](CO)[C@H](O)[C@H](O)[C@H]1O)NC(=O)CCCCCNc1ccc([N+](=O)[O-])c2nonc12. The van der Waals surface area contributed by atoms with Gasteiger partial charge in [0.15, 0.2) is 11.8 Å². The zero-order chi connectivity index (χ0) is 37.0. The number of benzene rings is 1. The van der Waals surface area contributed by atoms with Crippen LogP contribution in [0.25, 0.3) is 11.0 Å². The van der Waals surface area contributed by atoms with E-state index in [0.29, 0.717) is 31.5 Å². The molecule has 2 heterocycles. The summed E-state index contributed by atoms with van der Waals surface area (Å²) in [7, 11) is 0. The standard InChI is InChI=1S/C35H57N5O11/c1-2-3-4-5-6-7-8-9-10-11-12-14-17-27(42)25(23-49-35-34(46)33(45)32(44)28(22-41)50-35)37-29(43)18-15-13-16-21-36-24-19-20-26(40(47)48)31-30(24)38-51-39-31/h14,17,19-20,25,27-28,32-36,41-42,44-46H,2-13,15-16,18,21-23H2,1H3,(H,37,43)/b17-14+/t25?,27-,28-,32+,33+,34-,35-/m1/s1. The van der Waals surface area contributed by atoms with Crippen LogP contribution in [0.15, 0.2) is 28.9 Å². The molecule has 51 heavy (non-hydrogen) atoms. The first-order chi connectivity index (χ1) is 24.7. The van der Waals surface area contributed by atoms with Gasteiger partial charge in [-0.1, -0.05) is 83.3 Å². The summed E-state index contributed by atoms with van der Waals surface area (Å²) in [5.41, 5.74) is 0.667. The van der Waals surface area contributed by atoms with E-state index in [1.807, 2.05) is 6.08 Å². The molecule has 3 rings (SSSR count). The summed E-state index contributed by atoms with van der Waals surface area (Å²) in [6, 6.07) is 1.97. The number of hydrogen-bond acceptors (Lipinski definition) is 14. The Morgan fingerprint density at radius 1 is 0.961 bits per heavy atom. The number of nitrogens with one attached hydrogen (secondary N) is 2. The maximum absolute atomic E-state index is 12.9. The first kappa shape index (κ1) is 42.2. The van der Waals surface area contributed by atoms with E-state index < -0.39 is 54.4 Å². The fourth-order valence-corrected chi connectivity index (χ4v) is 5.98. The van der Waals surface area contributed by atoms with Gasteiger partial charge in [-0.25, -0.2) is 4.63 Å². The van der Waals surface area contributed by atoms with E-state index in [2.05, 4.69) is 32.5 Å². The first-order valence-corrected chi connectivity index (χ1v) is 18.4. The predicted molar refractivity (Wildman–Crippen MR) is 189 cm³/mol. The minimum atomic E-state index is -1.62. The van der Waals surface area contributed by atoms with Crippen molar-refractivity contribution in [3.63, 3.8) is 0 Å². The number of nitrogens with zero attached hydrogens (tertiary/aromatic N) is 3. The van der Waals surface area contributed by atoms with Crippen molar-refractivity contribution in [3.05, 3.63) is 34.4 Å². The van der Waals surface area contributed by atoms with Crippen molar-refractivity contribution < 1.29 is 49.4 Å². The zero-order valence-corrected chi connectivity index (χ0v) is 29.6. The molecule has 0 spiro atoms. The number of non-ortho nitro benzene ring substituents is 1. The van der Waals surface area contributed by atoms with E-state index in [1.54, 1.807) is 12.1 Å². The van der Waals surface area contributed by atoms with Crippen LogP contribution >= 0.6 is 0 Å². The van der Waals surface area contributed by atoms with E-state index >= 15 is 0 Å². The summed E-state index contributed by atoms with van der Waals surface area (Å²) in [6.07, 6.45) is 10.1. The number of aliphatic hydroxyl groups excluding tert-OH is 5. The molecule has 0 aliphatic carbocycles. The number of carbonyl (C=O) groups excluding carboxylic acids is 1. The third kappa shape index (κ3) is 14.0. The molecule has 1 aliphatic rings. The Morgan fingerprint density at radius 2 is 1.63 bits per heavy atom. The number of fused-ring (bicyclic) bond motifs is 1. The normalized spacial score (nSPS) is 22.0. The summed E-state index contributed by atoms with van der Waals surface area (Å²) in [5.74, 6) is -0.321. The number of hydrogen-bond donors (Lipinski definition) is 7. The maximum atomic E-state index is 12.9. The second-order valence-corrected chi connectivity index (χ2v) is 13.2. The molecule has 1 aromatic heterocycles. The van der Waals surface area contributed by atoms with Crippen LogP contribution in [0, 0.1) is 10.1 Å². The van der Waals surface area contributed by atoms with Gasteiger partial charge < -0.3 is 45.6 Å². The molecule has 7 atom stereocenters. The number of nitro benzene ring substituents is 1. The molecule has 1 fully saturated rings. The van der Waals surface area contributed by atoms with Crippen LogP contribution in [-0.2, 0) is 14.3 Å². The number of amides is 1. The van der Waals surface area contributed by atoms with Crippen molar-refractivity contribution in [1.29, 1.82) is 0 Å². The quantitative estimate of drug-likeness (QED) is 0.0317. The summed E-state index contributed by atoms with van der Waals surface area (Å²) in [6.45, 7) is 1.85. The van der Waals surface area contributed by atoms with E-state index in [0.717, 1.165) is 19.3 Å². The van der Waals surface area contributed by atoms with Crippen LogP contribution in [0.1, 0.15) is 103 Å². The number of aromatic nitrogens is 2. The monoisotopic (exact) mass is 723 g/mol. The van der Waals surface area contributed by atoms with Gasteiger partial charge >= 0.3 is 5.69 Å². The van der Waals surface area contributed by atoms with E-state index in [1.165, 1.54) is 57.4 Å². The van der Waals surface area contributed by atoms with Gasteiger partial charge in [-0.3, -0.25) is 14.9 Å². The van der Waals surface area contributed by atoms with Crippen molar-refractivity contribution in [1.82, 2.24) is 15.6 Å². The fraction of sp³-hybridized carbons (Fsp3) is 0.743. The molecule has 0 radical (unpaired) electrons. The number of allylic oxidation sites excluding steroid dienone is 1. The Morgan fingerprint density at radius 3 is 2.31 bits per heavy atom. The number of anilines is 1. The maximum Gasteiger partial charge on any atom is 0.300 e. The molecule has 1 saturated heterocycles. The largest absolute Gasteiger partial charge is 0.394 e. The van der Waals surface area contributed by atoms with E-state index in [9.17, 15) is 40.4 Å². The molecule has 7 N–H and O–H groups in total. The van der Waals surface area contributed by atoms with Crippen LogP contribution in [0.4, 0.5) is 11.4 Å². The molecular formula is C35H57N5O11. The molecule has 1 aromatic carbocycles. The lowest BCUT2D eigenvalue weighted by atomic mass is 9.99. The lowest BCUT2D eigenvalue weighted by Gasteiger charge is -2.40. The molecule has 16 heteroatoms. The average Bonchev–Trinajstić information content (AvgIpc) is 3.62. The van der Waals surface area contributed by atoms with Gasteiger partial charge in [0.25, 0.3) is 0 Å². The molecule has 16 nitrogen and oxygen atoms in total. The van der Waals surface area contributed by atoms with Gasteiger partial charge in [0, 0.05) is 19.0 Å². The van der Waals surface area contributed by atoms with Crippen LogP contribution < -0.4 is 10.6 Å². The van der Waals surface area contributed by atoms with Crippen molar-refractivity contribution in [2.75, 3.05) is 25.1 Å². The van der Waals surface area contributed by atoms with Gasteiger partial charge in [-0.15, -0.1) is 0 Å². The molecule has 0 bridgehead atoms. The molecule has 1 aliphatic heterocycles. The Kier molecular flexibility index (Phi) is 19.3.